The van der Waals surface area contributed by atoms with Crippen molar-refractivity contribution in [2.24, 2.45) is 11.8 Å². The average molecular weight is 412 g/mol. The van der Waals surface area contributed by atoms with Crippen LogP contribution in [0.25, 0.3) is 10.9 Å². The van der Waals surface area contributed by atoms with Gasteiger partial charge in [-0.1, -0.05) is 25.1 Å². The number of aromatic amines is 1. The number of fused-ring (bicyclic) bond motifs is 1. The van der Waals surface area contributed by atoms with E-state index in [9.17, 15) is 19.5 Å². The number of rotatable bonds is 6. The maximum atomic E-state index is 12.8. The van der Waals surface area contributed by atoms with Crippen molar-refractivity contribution in [1.82, 2.24) is 15.2 Å². The highest BCUT2D eigenvalue weighted by Gasteiger charge is 2.39. The molecule has 4 rings (SSSR count). The van der Waals surface area contributed by atoms with Crippen molar-refractivity contribution in [3.63, 3.8) is 0 Å². The monoisotopic (exact) mass is 411 g/mol. The van der Waals surface area contributed by atoms with Crippen LogP contribution in [0.2, 0.25) is 0 Å². The first-order valence-corrected chi connectivity index (χ1v) is 10.8. The van der Waals surface area contributed by atoms with Crippen LogP contribution in [0.3, 0.4) is 0 Å². The summed E-state index contributed by atoms with van der Waals surface area (Å²) in [4.78, 5) is 42.1. The molecule has 30 heavy (non-hydrogen) atoms. The molecule has 0 radical (unpaired) electrons. The summed E-state index contributed by atoms with van der Waals surface area (Å²) >= 11 is 0. The first-order valence-electron chi connectivity index (χ1n) is 10.8. The van der Waals surface area contributed by atoms with E-state index in [-0.39, 0.29) is 30.7 Å². The van der Waals surface area contributed by atoms with Gasteiger partial charge in [0, 0.05) is 42.5 Å². The zero-order chi connectivity index (χ0) is 21.3. The van der Waals surface area contributed by atoms with Gasteiger partial charge in [0.2, 0.25) is 11.8 Å². The predicted octanol–water partition coefficient (Wildman–Crippen LogP) is 2.71. The van der Waals surface area contributed by atoms with Crippen LogP contribution in [0.5, 0.6) is 0 Å². The SMILES string of the molecule is CC1CCC(N2CC(C(=O)N[C@@H](Cc3c[nH]c4ccccc34)C(=O)O)CC2=O)CC1. The molecule has 1 saturated carbocycles. The Morgan fingerprint density at radius 3 is 2.70 bits per heavy atom. The molecule has 1 aliphatic carbocycles. The molecule has 1 aromatic heterocycles. The smallest absolute Gasteiger partial charge is 0.326 e. The van der Waals surface area contributed by atoms with Gasteiger partial charge in [0.25, 0.3) is 0 Å². The zero-order valence-electron chi connectivity index (χ0n) is 17.3. The Balaban J connectivity index is 1.40. The Labute approximate surface area is 175 Å². The minimum atomic E-state index is -1.07. The number of H-pyrrole nitrogens is 1. The molecule has 2 fully saturated rings. The van der Waals surface area contributed by atoms with Gasteiger partial charge in [0.05, 0.1) is 5.92 Å². The van der Waals surface area contributed by atoms with Crippen LogP contribution in [-0.2, 0) is 20.8 Å². The maximum Gasteiger partial charge on any atom is 0.326 e. The quantitative estimate of drug-likeness (QED) is 0.680. The number of aliphatic carboxylic acids is 1. The van der Waals surface area contributed by atoms with E-state index < -0.39 is 17.9 Å². The number of carboxylic acid groups (broad SMARTS) is 1. The fraction of sp³-hybridized carbons (Fsp3) is 0.522. The van der Waals surface area contributed by atoms with E-state index in [4.69, 9.17) is 0 Å². The van der Waals surface area contributed by atoms with Crippen LogP contribution in [0.4, 0.5) is 0 Å². The van der Waals surface area contributed by atoms with Gasteiger partial charge in [0.1, 0.15) is 6.04 Å². The number of nitrogens with one attached hydrogen (secondary N) is 2. The van der Waals surface area contributed by atoms with Gasteiger partial charge >= 0.3 is 5.97 Å². The first kappa shape index (κ1) is 20.4. The third kappa shape index (κ3) is 4.20. The Morgan fingerprint density at radius 2 is 1.97 bits per heavy atom. The Kier molecular flexibility index (Phi) is 5.79. The third-order valence-corrected chi connectivity index (χ3v) is 6.67. The molecule has 1 saturated heterocycles. The molecule has 2 amide bonds. The minimum absolute atomic E-state index is 0.0122. The molecule has 1 unspecified atom stereocenters. The summed E-state index contributed by atoms with van der Waals surface area (Å²) in [5.74, 6) is -1.20. The predicted molar refractivity (Wildman–Crippen MR) is 113 cm³/mol. The highest BCUT2D eigenvalue weighted by atomic mass is 16.4. The summed E-state index contributed by atoms with van der Waals surface area (Å²) in [6.07, 6.45) is 6.33. The molecule has 2 aromatic rings. The van der Waals surface area contributed by atoms with E-state index in [0.29, 0.717) is 12.5 Å². The number of carbonyl (C=O) groups is 3. The van der Waals surface area contributed by atoms with E-state index in [1.165, 1.54) is 0 Å². The van der Waals surface area contributed by atoms with E-state index in [1.807, 2.05) is 29.2 Å². The number of likely N-dealkylation sites (tertiary alicyclic amines) is 1. The number of carbonyl (C=O) groups excluding carboxylic acids is 2. The number of carboxylic acids is 1. The van der Waals surface area contributed by atoms with Gasteiger partial charge in [-0.2, -0.15) is 0 Å². The molecule has 1 aromatic carbocycles. The summed E-state index contributed by atoms with van der Waals surface area (Å²) in [5.41, 5.74) is 1.78. The lowest BCUT2D eigenvalue weighted by atomic mass is 9.86. The number of nitrogens with zero attached hydrogens (tertiary/aromatic N) is 1. The van der Waals surface area contributed by atoms with E-state index in [1.54, 1.807) is 6.20 Å². The molecular formula is C23H29N3O4. The Hall–Kier alpha value is -2.83. The fourth-order valence-electron chi connectivity index (χ4n) is 4.82. The molecule has 3 N–H and O–H groups in total. The van der Waals surface area contributed by atoms with Gasteiger partial charge < -0.3 is 20.3 Å². The fourth-order valence-corrected chi connectivity index (χ4v) is 4.82. The molecule has 7 heteroatoms. The van der Waals surface area contributed by atoms with Gasteiger partial charge in [-0.25, -0.2) is 4.79 Å². The first-order chi connectivity index (χ1) is 14.4. The molecule has 2 aliphatic rings. The molecule has 160 valence electrons. The molecule has 0 bridgehead atoms. The highest BCUT2D eigenvalue weighted by molar-refractivity contribution is 5.92. The van der Waals surface area contributed by atoms with Crippen molar-refractivity contribution < 1.29 is 19.5 Å². The molecule has 2 heterocycles. The third-order valence-electron chi connectivity index (χ3n) is 6.67. The molecule has 1 aliphatic heterocycles. The van der Waals surface area contributed by atoms with Gasteiger partial charge in [0.15, 0.2) is 0 Å². The molecular weight excluding hydrogens is 382 g/mol. The summed E-state index contributed by atoms with van der Waals surface area (Å²) in [6, 6.07) is 6.86. The van der Waals surface area contributed by atoms with Gasteiger partial charge in [-0.15, -0.1) is 0 Å². The van der Waals surface area contributed by atoms with Gasteiger partial charge in [-0.05, 0) is 43.2 Å². The number of para-hydroxylation sites is 1. The summed E-state index contributed by atoms with van der Waals surface area (Å²) < 4.78 is 0. The van der Waals surface area contributed by atoms with E-state index in [2.05, 4.69) is 17.2 Å². The number of amides is 2. The minimum Gasteiger partial charge on any atom is -0.480 e. The van der Waals surface area contributed by atoms with Crippen LogP contribution >= 0.6 is 0 Å². The normalized spacial score (nSPS) is 25.4. The molecule has 7 nitrogen and oxygen atoms in total. The average Bonchev–Trinajstić information content (AvgIpc) is 3.32. The number of hydrogen-bond acceptors (Lipinski definition) is 3. The van der Waals surface area contributed by atoms with E-state index >= 15 is 0 Å². The van der Waals surface area contributed by atoms with Crippen molar-refractivity contribution in [3.8, 4) is 0 Å². The van der Waals surface area contributed by atoms with Crippen LogP contribution < -0.4 is 5.32 Å². The number of hydrogen-bond donors (Lipinski definition) is 3. The van der Waals surface area contributed by atoms with Crippen LogP contribution in [-0.4, -0.2) is 51.4 Å². The van der Waals surface area contributed by atoms with Crippen molar-refractivity contribution in [3.05, 3.63) is 36.0 Å². The second-order valence-electron chi connectivity index (χ2n) is 8.82. The van der Waals surface area contributed by atoms with Crippen molar-refractivity contribution in [2.75, 3.05) is 6.54 Å². The standard InChI is InChI=1S/C23H29N3O4/c1-14-6-8-17(9-7-14)26-13-16(11-21(26)27)22(28)25-20(23(29)30)10-15-12-24-19-5-3-2-4-18(15)19/h2-5,12,14,16-17,20,24H,6-11,13H2,1H3,(H,25,28)(H,29,30)/t14?,16?,17?,20-/m0/s1. The topological polar surface area (TPSA) is 102 Å². The van der Waals surface area contributed by atoms with Crippen LogP contribution in [0.15, 0.2) is 30.5 Å². The number of benzene rings is 1. The lowest BCUT2D eigenvalue weighted by molar-refractivity contribution is -0.142. The Bertz CT molecular complexity index is 945. The molecule has 2 atom stereocenters. The van der Waals surface area contributed by atoms with Gasteiger partial charge in [-0.3, -0.25) is 9.59 Å². The largest absolute Gasteiger partial charge is 0.480 e. The summed E-state index contributed by atoms with van der Waals surface area (Å²) in [6.45, 7) is 2.63. The number of aromatic nitrogens is 1. The summed E-state index contributed by atoms with van der Waals surface area (Å²) in [7, 11) is 0. The highest BCUT2D eigenvalue weighted by Crippen LogP contribution is 2.31. The van der Waals surface area contributed by atoms with E-state index in [0.717, 1.165) is 42.1 Å². The maximum absolute atomic E-state index is 12.8. The molecule has 0 spiro atoms. The zero-order valence-corrected chi connectivity index (χ0v) is 17.3. The second-order valence-corrected chi connectivity index (χ2v) is 8.82. The van der Waals surface area contributed by atoms with Crippen molar-refractivity contribution in [1.29, 1.82) is 0 Å². The lowest BCUT2D eigenvalue weighted by Crippen LogP contribution is -2.46. The van der Waals surface area contributed by atoms with Crippen LogP contribution in [0, 0.1) is 11.8 Å². The lowest BCUT2D eigenvalue weighted by Gasteiger charge is -2.33. The van der Waals surface area contributed by atoms with Crippen molar-refractivity contribution >= 4 is 28.7 Å². The Morgan fingerprint density at radius 1 is 1.23 bits per heavy atom. The summed E-state index contributed by atoms with van der Waals surface area (Å²) in [5, 5.41) is 13.3. The van der Waals surface area contributed by atoms with Crippen LogP contribution in [0.1, 0.15) is 44.6 Å². The van der Waals surface area contributed by atoms with Crippen molar-refractivity contribution in [2.45, 2.75) is 57.5 Å². The second kappa shape index (κ2) is 8.50.